The standard InChI is InChI=1S/C12H8Br2ClN/c13-8-1-4-10(5-2-8)16-12-6-3-9(14)7-11(12)15/h1-7,16H. The lowest BCUT2D eigenvalue weighted by Crippen LogP contribution is -1.90. The summed E-state index contributed by atoms with van der Waals surface area (Å²) in [7, 11) is 0. The van der Waals surface area contributed by atoms with Gasteiger partial charge in [-0.1, -0.05) is 43.5 Å². The zero-order chi connectivity index (χ0) is 11.5. The molecule has 0 aromatic heterocycles. The average molecular weight is 361 g/mol. The van der Waals surface area contributed by atoms with E-state index in [2.05, 4.69) is 37.2 Å². The molecule has 16 heavy (non-hydrogen) atoms. The third kappa shape index (κ3) is 3.00. The SMILES string of the molecule is Clc1cc(Br)ccc1Nc1ccc(Br)cc1. The first-order valence-corrected chi connectivity index (χ1v) is 6.59. The van der Waals surface area contributed by atoms with Gasteiger partial charge in [-0.15, -0.1) is 0 Å². The number of hydrogen-bond donors (Lipinski definition) is 1. The molecule has 0 heterocycles. The first-order valence-electron chi connectivity index (χ1n) is 4.63. The minimum atomic E-state index is 0.692. The van der Waals surface area contributed by atoms with Crippen LogP contribution in [0.1, 0.15) is 0 Å². The molecule has 0 saturated heterocycles. The van der Waals surface area contributed by atoms with E-state index < -0.39 is 0 Å². The van der Waals surface area contributed by atoms with Gasteiger partial charge in [-0.2, -0.15) is 0 Å². The van der Waals surface area contributed by atoms with Crippen LogP contribution in [0.15, 0.2) is 51.4 Å². The maximum atomic E-state index is 6.11. The monoisotopic (exact) mass is 359 g/mol. The van der Waals surface area contributed by atoms with E-state index in [0.717, 1.165) is 20.3 Å². The first kappa shape index (κ1) is 12.0. The van der Waals surface area contributed by atoms with Crippen LogP contribution in [0.3, 0.4) is 0 Å². The Labute approximate surface area is 116 Å². The molecular weight excluding hydrogens is 353 g/mol. The third-order valence-electron chi connectivity index (χ3n) is 2.05. The third-order valence-corrected chi connectivity index (χ3v) is 3.39. The summed E-state index contributed by atoms with van der Waals surface area (Å²) in [5.41, 5.74) is 1.90. The number of benzene rings is 2. The van der Waals surface area contributed by atoms with E-state index in [4.69, 9.17) is 11.6 Å². The van der Waals surface area contributed by atoms with Crippen LogP contribution in [-0.2, 0) is 0 Å². The highest BCUT2D eigenvalue weighted by molar-refractivity contribution is 9.10. The summed E-state index contributed by atoms with van der Waals surface area (Å²) in [6, 6.07) is 13.7. The van der Waals surface area contributed by atoms with Crippen LogP contribution in [-0.4, -0.2) is 0 Å². The van der Waals surface area contributed by atoms with Gasteiger partial charge in [0.2, 0.25) is 0 Å². The molecular formula is C12H8Br2ClN. The summed E-state index contributed by atoms with van der Waals surface area (Å²) in [5, 5.41) is 3.94. The van der Waals surface area contributed by atoms with Gasteiger partial charge < -0.3 is 5.32 Å². The van der Waals surface area contributed by atoms with Crippen molar-refractivity contribution in [2.24, 2.45) is 0 Å². The molecule has 2 rings (SSSR count). The van der Waals surface area contributed by atoms with Gasteiger partial charge in [0.05, 0.1) is 10.7 Å². The molecule has 0 unspecified atom stereocenters. The van der Waals surface area contributed by atoms with Gasteiger partial charge in [0.15, 0.2) is 0 Å². The van der Waals surface area contributed by atoms with E-state index in [1.54, 1.807) is 0 Å². The van der Waals surface area contributed by atoms with E-state index in [0.29, 0.717) is 5.02 Å². The van der Waals surface area contributed by atoms with E-state index in [1.807, 2.05) is 42.5 Å². The molecule has 1 N–H and O–H groups in total. The second-order valence-corrected chi connectivity index (χ2v) is 5.49. The van der Waals surface area contributed by atoms with Gasteiger partial charge in [-0.25, -0.2) is 0 Å². The average Bonchev–Trinajstić information content (AvgIpc) is 2.25. The molecule has 1 nitrogen and oxygen atoms in total. The van der Waals surface area contributed by atoms with Crippen molar-refractivity contribution in [3.63, 3.8) is 0 Å². The molecule has 0 atom stereocenters. The van der Waals surface area contributed by atoms with Gasteiger partial charge >= 0.3 is 0 Å². The van der Waals surface area contributed by atoms with Crippen molar-refractivity contribution in [1.29, 1.82) is 0 Å². The van der Waals surface area contributed by atoms with Crippen molar-refractivity contribution < 1.29 is 0 Å². The Bertz CT molecular complexity index is 497. The van der Waals surface area contributed by atoms with Crippen molar-refractivity contribution in [2.75, 3.05) is 5.32 Å². The maximum absolute atomic E-state index is 6.11. The molecule has 0 amide bonds. The highest BCUT2D eigenvalue weighted by atomic mass is 79.9. The lowest BCUT2D eigenvalue weighted by Gasteiger charge is -2.08. The van der Waals surface area contributed by atoms with Crippen LogP contribution in [0.25, 0.3) is 0 Å². The Morgan fingerprint density at radius 3 is 2.12 bits per heavy atom. The van der Waals surface area contributed by atoms with E-state index in [9.17, 15) is 0 Å². The number of rotatable bonds is 2. The fourth-order valence-corrected chi connectivity index (χ4v) is 2.26. The zero-order valence-electron chi connectivity index (χ0n) is 8.18. The molecule has 0 radical (unpaired) electrons. The molecule has 0 aliphatic rings. The van der Waals surface area contributed by atoms with Gasteiger partial charge in [-0.05, 0) is 42.5 Å². The Morgan fingerprint density at radius 2 is 1.50 bits per heavy atom. The molecule has 2 aromatic rings. The number of hydrogen-bond acceptors (Lipinski definition) is 1. The molecule has 0 aliphatic heterocycles. The fourth-order valence-electron chi connectivity index (χ4n) is 1.28. The molecule has 0 aliphatic carbocycles. The molecule has 0 bridgehead atoms. The minimum absolute atomic E-state index is 0.692. The van der Waals surface area contributed by atoms with E-state index in [1.165, 1.54) is 0 Å². The topological polar surface area (TPSA) is 12.0 Å². The lowest BCUT2D eigenvalue weighted by molar-refractivity contribution is 1.52. The second kappa shape index (κ2) is 5.21. The summed E-state index contributed by atoms with van der Waals surface area (Å²) in [6.45, 7) is 0. The second-order valence-electron chi connectivity index (χ2n) is 3.26. The lowest BCUT2D eigenvalue weighted by atomic mass is 10.3. The number of halogens is 3. The van der Waals surface area contributed by atoms with Crippen LogP contribution in [0.5, 0.6) is 0 Å². The van der Waals surface area contributed by atoms with Crippen LogP contribution in [0, 0.1) is 0 Å². The zero-order valence-corrected chi connectivity index (χ0v) is 12.1. The number of anilines is 2. The normalized spacial score (nSPS) is 10.2. The molecule has 0 fully saturated rings. The Morgan fingerprint density at radius 1 is 0.875 bits per heavy atom. The molecule has 0 spiro atoms. The quantitative estimate of drug-likeness (QED) is 0.733. The van der Waals surface area contributed by atoms with Crippen LogP contribution in [0.4, 0.5) is 11.4 Å². The Kier molecular flexibility index (Phi) is 3.90. The van der Waals surface area contributed by atoms with Crippen LogP contribution >= 0.6 is 43.5 Å². The van der Waals surface area contributed by atoms with E-state index >= 15 is 0 Å². The predicted octanol–water partition coefficient (Wildman–Crippen LogP) is 5.61. The first-order chi connectivity index (χ1) is 7.65. The maximum Gasteiger partial charge on any atom is 0.0652 e. The van der Waals surface area contributed by atoms with Crippen molar-refractivity contribution in [2.45, 2.75) is 0 Å². The summed E-state index contributed by atoms with van der Waals surface area (Å²) in [4.78, 5) is 0. The summed E-state index contributed by atoms with van der Waals surface area (Å²) in [5.74, 6) is 0. The summed E-state index contributed by atoms with van der Waals surface area (Å²) < 4.78 is 2.03. The van der Waals surface area contributed by atoms with Crippen molar-refractivity contribution in [3.8, 4) is 0 Å². The Balaban J connectivity index is 2.23. The molecule has 82 valence electrons. The molecule has 4 heteroatoms. The largest absolute Gasteiger partial charge is 0.354 e. The van der Waals surface area contributed by atoms with E-state index in [-0.39, 0.29) is 0 Å². The highest BCUT2D eigenvalue weighted by Crippen LogP contribution is 2.28. The van der Waals surface area contributed by atoms with Gasteiger partial charge in [0.25, 0.3) is 0 Å². The number of nitrogens with one attached hydrogen (secondary N) is 1. The van der Waals surface area contributed by atoms with Gasteiger partial charge in [0.1, 0.15) is 0 Å². The van der Waals surface area contributed by atoms with Crippen molar-refractivity contribution >= 4 is 54.8 Å². The Hall–Kier alpha value is -0.510. The van der Waals surface area contributed by atoms with Gasteiger partial charge in [0, 0.05) is 14.6 Å². The van der Waals surface area contributed by atoms with Crippen LogP contribution < -0.4 is 5.32 Å². The summed E-state index contributed by atoms with van der Waals surface area (Å²) >= 11 is 12.9. The van der Waals surface area contributed by atoms with Crippen molar-refractivity contribution in [3.05, 3.63) is 56.4 Å². The molecule has 0 saturated carbocycles. The predicted molar refractivity (Wildman–Crippen MR) is 76.6 cm³/mol. The van der Waals surface area contributed by atoms with Crippen LogP contribution in [0.2, 0.25) is 5.02 Å². The highest BCUT2D eigenvalue weighted by Gasteiger charge is 2.01. The fraction of sp³-hybridized carbons (Fsp3) is 0. The van der Waals surface area contributed by atoms with Crippen molar-refractivity contribution in [1.82, 2.24) is 0 Å². The smallest absolute Gasteiger partial charge is 0.0652 e. The molecule has 2 aromatic carbocycles. The summed E-state index contributed by atoms with van der Waals surface area (Å²) in [6.07, 6.45) is 0. The van der Waals surface area contributed by atoms with Gasteiger partial charge in [-0.3, -0.25) is 0 Å². The minimum Gasteiger partial charge on any atom is -0.354 e.